The van der Waals surface area contributed by atoms with Gasteiger partial charge in [0, 0.05) is 25.1 Å². The van der Waals surface area contributed by atoms with Crippen molar-refractivity contribution in [2.24, 2.45) is 0 Å². The maximum absolute atomic E-state index is 12.9. The quantitative estimate of drug-likeness (QED) is 0.726. The van der Waals surface area contributed by atoms with Crippen LogP contribution in [-0.2, 0) is 6.54 Å². The number of carbonyl (C=O) groups excluding carboxylic acids is 1. The molecule has 0 spiro atoms. The maximum atomic E-state index is 12.9. The molecule has 1 heterocycles. The van der Waals surface area contributed by atoms with Crippen LogP contribution in [0.15, 0.2) is 52.9 Å². The van der Waals surface area contributed by atoms with E-state index in [0.29, 0.717) is 23.6 Å². The van der Waals surface area contributed by atoms with E-state index in [9.17, 15) is 4.79 Å². The zero-order valence-electron chi connectivity index (χ0n) is 13.6. The van der Waals surface area contributed by atoms with Crippen molar-refractivity contribution in [1.82, 2.24) is 9.88 Å². The van der Waals surface area contributed by atoms with Crippen molar-refractivity contribution >= 4 is 17.0 Å². The van der Waals surface area contributed by atoms with Gasteiger partial charge in [-0.05, 0) is 37.6 Å². The van der Waals surface area contributed by atoms with E-state index in [4.69, 9.17) is 4.42 Å². The Balaban J connectivity index is 1.90. The van der Waals surface area contributed by atoms with Crippen molar-refractivity contribution < 1.29 is 9.21 Å². The zero-order chi connectivity index (χ0) is 16.4. The van der Waals surface area contributed by atoms with Crippen LogP contribution in [0.3, 0.4) is 0 Å². The van der Waals surface area contributed by atoms with E-state index < -0.39 is 0 Å². The van der Waals surface area contributed by atoms with Gasteiger partial charge in [-0.15, -0.1) is 0 Å². The smallest absolute Gasteiger partial charge is 0.254 e. The highest BCUT2D eigenvalue weighted by Crippen LogP contribution is 2.19. The molecule has 0 fully saturated rings. The van der Waals surface area contributed by atoms with Crippen molar-refractivity contribution in [2.75, 3.05) is 0 Å². The first-order valence-electron chi connectivity index (χ1n) is 7.76. The van der Waals surface area contributed by atoms with Crippen molar-refractivity contribution in [2.45, 2.75) is 33.4 Å². The molecule has 3 rings (SSSR count). The Morgan fingerprint density at radius 1 is 1.17 bits per heavy atom. The summed E-state index contributed by atoms with van der Waals surface area (Å²) in [5.74, 6) is 0.606. The van der Waals surface area contributed by atoms with E-state index >= 15 is 0 Å². The van der Waals surface area contributed by atoms with E-state index in [-0.39, 0.29) is 11.9 Å². The summed E-state index contributed by atoms with van der Waals surface area (Å²) in [5, 5.41) is 0. The van der Waals surface area contributed by atoms with Crippen LogP contribution in [0.25, 0.3) is 11.1 Å². The summed E-state index contributed by atoms with van der Waals surface area (Å²) in [6.07, 6.45) is 0. The number of amides is 1. The highest BCUT2D eigenvalue weighted by molar-refractivity contribution is 5.97. The molecule has 0 aliphatic heterocycles. The van der Waals surface area contributed by atoms with E-state index in [2.05, 4.69) is 4.98 Å². The Bertz CT molecular complexity index is 822. The Kier molecular flexibility index (Phi) is 4.15. The lowest BCUT2D eigenvalue weighted by atomic mass is 10.1. The predicted octanol–water partition coefficient (Wildman–Crippen LogP) is 4.19. The number of carbonyl (C=O) groups is 1. The molecule has 0 atom stereocenters. The molecule has 4 nitrogen and oxygen atoms in total. The monoisotopic (exact) mass is 308 g/mol. The van der Waals surface area contributed by atoms with Crippen molar-refractivity contribution in [3.05, 3.63) is 65.5 Å². The minimum absolute atomic E-state index is 0.000180. The fourth-order valence-corrected chi connectivity index (χ4v) is 2.61. The van der Waals surface area contributed by atoms with Crippen molar-refractivity contribution in [1.29, 1.82) is 0 Å². The van der Waals surface area contributed by atoms with E-state index in [1.807, 2.05) is 61.2 Å². The number of benzene rings is 2. The second-order valence-corrected chi connectivity index (χ2v) is 5.93. The molecular formula is C19H20N2O2. The third kappa shape index (κ3) is 3.26. The molecule has 118 valence electrons. The molecule has 0 aliphatic rings. The third-order valence-corrected chi connectivity index (χ3v) is 3.82. The average Bonchev–Trinajstić information content (AvgIpc) is 2.91. The molecule has 0 radical (unpaired) electrons. The number of nitrogens with zero attached hydrogens (tertiary/aromatic N) is 2. The topological polar surface area (TPSA) is 46.3 Å². The standard InChI is InChI=1S/C19H20N2O2/c1-13(2)21(12-15-7-5-4-6-8-15)19(22)16-9-10-17-18(11-16)23-14(3)20-17/h4-11,13H,12H2,1-3H3. The number of aromatic nitrogens is 1. The minimum atomic E-state index is -0.000180. The summed E-state index contributed by atoms with van der Waals surface area (Å²) < 4.78 is 5.54. The highest BCUT2D eigenvalue weighted by atomic mass is 16.3. The van der Waals surface area contributed by atoms with Crippen LogP contribution in [-0.4, -0.2) is 21.8 Å². The van der Waals surface area contributed by atoms with Gasteiger partial charge < -0.3 is 9.32 Å². The molecule has 2 aromatic carbocycles. The van der Waals surface area contributed by atoms with Crippen LogP contribution in [0, 0.1) is 6.92 Å². The van der Waals surface area contributed by atoms with Crippen molar-refractivity contribution in [3.8, 4) is 0 Å². The lowest BCUT2D eigenvalue weighted by Crippen LogP contribution is -2.36. The molecule has 0 unspecified atom stereocenters. The Labute approximate surface area is 135 Å². The van der Waals surface area contributed by atoms with Crippen LogP contribution < -0.4 is 0 Å². The van der Waals surface area contributed by atoms with Gasteiger partial charge in [0.1, 0.15) is 5.52 Å². The van der Waals surface area contributed by atoms with Gasteiger partial charge in [-0.25, -0.2) is 4.98 Å². The van der Waals surface area contributed by atoms with Gasteiger partial charge >= 0.3 is 0 Å². The second kappa shape index (κ2) is 6.24. The van der Waals surface area contributed by atoms with Crippen LogP contribution in [0.2, 0.25) is 0 Å². The van der Waals surface area contributed by atoms with Gasteiger partial charge in [0.05, 0.1) is 0 Å². The molecule has 0 bridgehead atoms. The van der Waals surface area contributed by atoms with E-state index in [1.165, 1.54) is 0 Å². The number of hydrogen-bond donors (Lipinski definition) is 0. The molecule has 0 saturated carbocycles. The first kappa shape index (κ1) is 15.3. The lowest BCUT2D eigenvalue weighted by molar-refractivity contribution is 0.0690. The van der Waals surface area contributed by atoms with Crippen LogP contribution in [0.5, 0.6) is 0 Å². The Morgan fingerprint density at radius 2 is 1.91 bits per heavy atom. The summed E-state index contributed by atoms with van der Waals surface area (Å²) in [4.78, 5) is 19.0. The molecule has 4 heteroatoms. The number of oxazole rings is 1. The summed E-state index contributed by atoms with van der Waals surface area (Å²) in [7, 11) is 0. The normalized spacial score (nSPS) is 11.1. The fourth-order valence-electron chi connectivity index (χ4n) is 2.61. The Hall–Kier alpha value is -2.62. The molecule has 1 amide bonds. The molecule has 1 aromatic heterocycles. The van der Waals surface area contributed by atoms with E-state index in [1.54, 1.807) is 13.0 Å². The highest BCUT2D eigenvalue weighted by Gasteiger charge is 2.20. The lowest BCUT2D eigenvalue weighted by Gasteiger charge is -2.27. The number of aryl methyl sites for hydroxylation is 1. The zero-order valence-corrected chi connectivity index (χ0v) is 13.6. The summed E-state index contributed by atoms with van der Waals surface area (Å²) in [6, 6.07) is 15.5. The largest absolute Gasteiger partial charge is 0.441 e. The number of rotatable bonds is 4. The molecule has 0 N–H and O–H groups in total. The molecule has 0 aliphatic carbocycles. The molecule has 3 aromatic rings. The average molecular weight is 308 g/mol. The van der Waals surface area contributed by atoms with Gasteiger partial charge in [0.2, 0.25) is 0 Å². The minimum Gasteiger partial charge on any atom is -0.441 e. The van der Waals surface area contributed by atoms with Crippen molar-refractivity contribution in [3.63, 3.8) is 0 Å². The molecule has 23 heavy (non-hydrogen) atoms. The third-order valence-electron chi connectivity index (χ3n) is 3.82. The van der Waals surface area contributed by atoms with Gasteiger partial charge in [-0.1, -0.05) is 30.3 Å². The van der Waals surface area contributed by atoms with Gasteiger partial charge in [-0.2, -0.15) is 0 Å². The summed E-state index contributed by atoms with van der Waals surface area (Å²) >= 11 is 0. The molecular weight excluding hydrogens is 288 g/mol. The number of hydrogen-bond acceptors (Lipinski definition) is 3. The maximum Gasteiger partial charge on any atom is 0.254 e. The number of fused-ring (bicyclic) bond motifs is 1. The fraction of sp³-hybridized carbons (Fsp3) is 0.263. The first-order valence-corrected chi connectivity index (χ1v) is 7.76. The Morgan fingerprint density at radius 3 is 2.61 bits per heavy atom. The summed E-state index contributed by atoms with van der Waals surface area (Å²) in [6.45, 7) is 6.44. The van der Waals surface area contributed by atoms with Crippen LogP contribution in [0.4, 0.5) is 0 Å². The van der Waals surface area contributed by atoms with Crippen LogP contribution >= 0.6 is 0 Å². The summed E-state index contributed by atoms with van der Waals surface area (Å²) in [5.41, 5.74) is 3.17. The van der Waals surface area contributed by atoms with Gasteiger partial charge in [0.15, 0.2) is 11.5 Å². The van der Waals surface area contributed by atoms with E-state index in [0.717, 1.165) is 11.1 Å². The second-order valence-electron chi connectivity index (χ2n) is 5.93. The van der Waals surface area contributed by atoms with Gasteiger partial charge in [-0.3, -0.25) is 4.79 Å². The van der Waals surface area contributed by atoms with Gasteiger partial charge in [0.25, 0.3) is 5.91 Å². The molecule has 0 saturated heterocycles. The van der Waals surface area contributed by atoms with Crippen LogP contribution in [0.1, 0.15) is 35.7 Å². The SMILES string of the molecule is Cc1nc2ccc(C(=O)N(Cc3ccccc3)C(C)C)cc2o1. The first-order chi connectivity index (χ1) is 11.0. The predicted molar refractivity (Wildman–Crippen MR) is 90.2 cm³/mol.